The molecule has 3 nitrogen and oxygen atoms in total. The number of hydrogen-bond acceptors (Lipinski definition) is 1. The summed E-state index contributed by atoms with van der Waals surface area (Å²) in [6.45, 7) is 4.10. The Morgan fingerprint density at radius 2 is 2.08 bits per heavy atom. The van der Waals surface area contributed by atoms with Gasteiger partial charge in [-0.1, -0.05) is 6.92 Å². The molecular formula is C10H21N2O+. The lowest BCUT2D eigenvalue weighted by atomic mass is 10.0. The van der Waals surface area contributed by atoms with Gasteiger partial charge in [-0.05, 0) is 12.8 Å². The van der Waals surface area contributed by atoms with Crippen molar-refractivity contribution in [1.29, 1.82) is 0 Å². The SMILES string of the molecule is CC1CCCN(C)C(=O)[N+](C)(C)C1. The van der Waals surface area contributed by atoms with Gasteiger partial charge in [0.15, 0.2) is 0 Å². The number of hydrogen-bond donors (Lipinski definition) is 0. The van der Waals surface area contributed by atoms with Gasteiger partial charge in [0.1, 0.15) is 0 Å². The quantitative estimate of drug-likeness (QED) is 0.524. The number of amides is 2. The van der Waals surface area contributed by atoms with Crippen molar-refractivity contribution in [1.82, 2.24) is 4.90 Å². The zero-order chi connectivity index (χ0) is 10.1. The predicted octanol–water partition coefficient (Wildman–Crippen LogP) is 1.54. The van der Waals surface area contributed by atoms with Crippen LogP contribution in [0.15, 0.2) is 0 Å². The molecule has 2 amide bonds. The van der Waals surface area contributed by atoms with Crippen molar-refractivity contribution >= 4 is 6.03 Å². The Balaban J connectivity index is 2.74. The number of quaternary nitrogens is 1. The first-order valence-corrected chi connectivity index (χ1v) is 5.02. The van der Waals surface area contributed by atoms with E-state index in [-0.39, 0.29) is 6.03 Å². The predicted molar refractivity (Wildman–Crippen MR) is 53.4 cm³/mol. The van der Waals surface area contributed by atoms with E-state index in [0.29, 0.717) is 10.4 Å². The topological polar surface area (TPSA) is 20.3 Å². The van der Waals surface area contributed by atoms with E-state index in [1.54, 1.807) is 0 Å². The van der Waals surface area contributed by atoms with E-state index in [4.69, 9.17) is 0 Å². The lowest BCUT2D eigenvalue weighted by molar-refractivity contribution is -0.816. The van der Waals surface area contributed by atoms with E-state index >= 15 is 0 Å². The van der Waals surface area contributed by atoms with Gasteiger partial charge >= 0.3 is 6.03 Å². The molecule has 0 N–H and O–H groups in total. The van der Waals surface area contributed by atoms with Gasteiger partial charge in [0, 0.05) is 19.5 Å². The molecule has 1 atom stereocenters. The smallest absolute Gasteiger partial charge is 0.295 e. The second-order valence-corrected chi connectivity index (χ2v) is 4.82. The van der Waals surface area contributed by atoms with Crippen molar-refractivity contribution in [2.45, 2.75) is 19.8 Å². The highest BCUT2D eigenvalue weighted by Crippen LogP contribution is 2.17. The van der Waals surface area contributed by atoms with Gasteiger partial charge in [0.2, 0.25) is 0 Å². The van der Waals surface area contributed by atoms with Crippen molar-refractivity contribution in [3.63, 3.8) is 0 Å². The minimum Gasteiger partial charge on any atom is -0.295 e. The lowest BCUT2D eigenvalue weighted by Crippen LogP contribution is -2.55. The fourth-order valence-corrected chi connectivity index (χ4v) is 2.18. The van der Waals surface area contributed by atoms with E-state index in [2.05, 4.69) is 6.92 Å². The zero-order valence-corrected chi connectivity index (χ0v) is 9.21. The molecular weight excluding hydrogens is 164 g/mol. The van der Waals surface area contributed by atoms with Gasteiger partial charge in [0.25, 0.3) is 0 Å². The number of urea groups is 1. The molecule has 0 saturated carbocycles. The van der Waals surface area contributed by atoms with Crippen LogP contribution in [0, 0.1) is 5.92 Å². The van der Waals surface area contributed by atoms with Crippen LogP contribution in [0.1, 0.15) is 19.8 Å². The Hall–Kier alpha value is -0.570. The van der Waals surface area contributed by atoms with E-state index in [9.17, 15) is 4.79 Å². The molecule has 0 bridgehead atoms. The third-order valence-electron chi connectivity index (χ3n) is 2.80. The number of nitrogens with zero attached hydrogens (tertiary/aromatic N) is 2. The summed E-state index contributed by atoms with van der Waals surface area (Å²) in [7, 11) is 5.90. The average Bonchev–Trinajstić information content (AvgIpc) is 2.00. The van der Waals surface area contributed by atoms with Gasteiger partial charge < -0.3 is 0 Å². The molecule has 1 aliphatic heterocycles. The summed E-state index contributed by atoms with van der Waals surface area (Å²) < 4.78 is 0.498. The Morgan fingerprint density at radius 1 is 1.46 bits per heavy atom. The maximum absolute atomic E-state index is 11.9. The van der Waals surface area contributed by atoms with Gasteiger partial charge in [-0.25, -0.2) is 9.28 Å². The number of carbonyl (C=O) groups is 1. The molecule has 1 aliphatic rings. The van der Waals surface area contributed by atoms with Gasteiger partial charge in [0.05, 0.1) is 20.6 Å². The van der Waals surface area contributed by atoms with E-state index < -0.39 is 0 Å². The minimum absolute atomic E-state index is 0.242. The third kappa shape index (κ3) is 2.44. The molecule has 13 heavy (non-hydrogen) atoms. The summed E-state index contributed by atoms with van der Waals surface area (Å²) in [5.74, 6) is 0.660. The highest BCUT2D eigenvalue weighted by molar-refractivity contribution is 5.66. The Bertz CT molecular complexity index is 201. The van der Waals surface area contributed by atoms with Crippen LogP contribution in [-0.2, 0) is 0 Å². The Morgan fingerprint density at radius 3 is 2.69 bits per heavy atom. The van der Waals surface area contributed by atoms with Gasteiger partial charge in [-0.15, -0.1) is 0 Å². The molecule has 3 heteroatoms. The van der Waals surface area contributed by atoms with Crippen molar-refractivity contribution in [2.24, 2.45) is 5.92 Å². The second kappa shape index (κ2) is 3.66. The van der Waals surface area contributed by atoms with Crippen molar-refractivity contribution in [3.8, 4) is 0 Å². The van der Waals surface area contributed by atoms with Gasteiger partial charge in [-0.3, -0.25) is 4.90 Å². The summed E-state index contributed by atoms with van der Waals surface area (Å²) in [6.07, 6.45) is 2.38. The molecule has 1 unspecified atom stereocenters. The van der Waals surface area contributed by atoms with E-state index in [1.165, 1.54) is 6.42 Å². The van der Waals surface area contributed by atoms with Crippen LogP contribution in [0.5, 0.6) is 0 Å². The molecule has 0 aliphatic carbocycles. The molecule has 0 aromatic carbocycles. The lowest BCUT2D eigenvalue weighted by Gasteiger charge is -2.35. The van der Waals surface area contributed by atoms with Gasteiger partial charge in [-0.2, -0.15) is 0 Å². The first-order valence-electron chi connectivity index (χ1n) is 5.02. The van der Waals surface area contributed by atoms with Crippen LogP contribution in [-0.4, -0.2) is 49.6 Å². The van der Waals surface area contributed by atoms with Crippen molar-refractivity contribution in [2.75, 3.05) is 34.2 Å². The van der Waals surface area contributed by atoms with Crippen LogP contribution >= 0.6 is 0 Å². The normalized spacial score (nSPS) is 29.7. The average molecular weight is 185 g/mol. The molecule has 0 aromatic rings. The molecule has 76 valence electrons. The van der Waals surface area contributed by atoms with E-state index in [0.717, 1.165) is 19.5 Å². The third-order valence-corrected chi connectivity index (χ3v) is 2.80. The van der Waals surface area contributed by atoms with Crippen LogP contribution < -0.4 is 0 Å². The summed E-state index contributed by atoms with van der Waals surface area (Å²) in [5, 5.41) is 0. The summed E-state index contributed by atoms with van der Waals surface area (Å²) in [6, 6.07) is 0.242. The number of carbonyl (C=O) groups excluding carboxylic acids is 1. The molecule has 0 radical (unpaired) electrons. The maximum atomic E-state index is 11.9. The summed E-state index contributed by atoms with van der Waals surface area (Å²) in [5.41, 5.74) is 0. The van der Waals surface area contributed by atoms with Crippen LogP contribution in [0.2, 0.25) is 0 Å². The zero-order valence-electron chi connectivity index (χ0n) is 9.21. The Labute approximate surface area is 80.9 Å². The fourth-order valence-electron chi connectivity index (χ4n) is 2.18. The minimum atomic E-state index is 0.242. The van der Waals surface area contributed by atoms with E-state index in [1.807, 2.05) is 26.0 Å². The van der Waals surface area contributed by atoms with Crippen LogP contribution in [0.3, 0.4) is 0 Å². The first kappa shape index (κ1) is 10.5. The van der Waals surface area contributed by atoms with Crippen molar-refractivity contribution < 1.29 is 9.28 Å². The molecule has 0 aromatic heterocycles. The summed E-state index contributed by atoms with van der Waals surface area (Å²) >= 11 is 0. The van der Waals surface area contributed by atoms with Crippen molar-refractivity contribution in [3.05, 3.63) is 0 Å². The maximum Gasteiger partial charge on any atom is 0.418 e. The number of rotatable bonds is 0. The molecule has 0 spiro atoms. The highest BCUT2D eigenvalue weighted by atomic mass is 16.2. The standard InChI is InChI=1S/C10H21N2O/c1-9-6-5-7-11(2)10(13)12(3,4)8-9/h9H,5-8H2,1-4H3/q+1. The van der Waals surface area contributed by atoms with Crippen LogP contribution in [0.4, 0.5) is 4.79 Å². The fraction of sp³-hybridized carbons (Fsp3) is 0.900. The first-order chi connectivity index (χ1) is 5.93. The summed E-state index contributed by atoms with van der Waals surface area (Å²) in [4.78, 5) is 13.7. The second-order valence-electron chi connectivity index (χ2n) is 4.82. The molecule has 1 rings (SSSR count). The highest BCUT2D eigenvalue weighted by Gasteiger charge is 2.33. The molecule has 1 fully saturated rings. The molecule has 1 heterocycles. The Kier molecular flexibility index (Phi) is 2.96. The van der Waals surface area contributed by atoms with Crippen LogP contribution in [0.25, 0.3) is 0 Å². The largest absolute Gasteiger partial charge is 0.418 e. The monoisotopic (exact) mass is 185 g/mol. The molecule has 1 saturated heterocycles.